The molecule has 0 aromatic carbocycles. The molecule has 3 heterocycles. The molecule has 25 heavy (non-hydrogen) atoms. The first kappa shape index (κ1) is 17.2. The van der Waals surface area contributed by atoms with E-state index in [2.05, 4.69) is 22.1 Å². The van der Waals surface area contributed by atoms with Gasteiger partial charge in [-0.1, -0.05) is 6.92 Å². The summed E-state index contributed by atoms with van der Waals surface area (Å²) in [6, 6.07) is 0. The molecule has 2 aromatic heterocycles. The van der Waals surface area contributed by atoms with Gasteiger partial charge in [-0.2, -0.15) is 5.10 Å². The minimum Gasteiger partial charge on any atom is -0.340 e. The van der Waals surface area contributed by atoms with Crippen LogP contribution >= 0.6 is 0 Å². The number of nitrogens with zero attached hydrogens (tertiary/aromatic N) is 3. The zero-order valence-corrected chi connectivity index (χ0v) is 14.5. The van der Waals surface area contributed by atoms with Crippen LogP contribution in [0.4, 0.5) is 0 Å². The standard InChI is InChI=1S/C17H23N5O3/c1-3-12-7-18-20-15(12)13-5-4-6-21(9-13)14(23)10-22-8-11(2)16(24)19-17(22)25/h7-8,13H,3-6,9-10H2,1-2H3,(H,18,20)(H,19,24,25)/t13-/m1/s1. The normalized spacial score (nSPS) is 17.7. The van der Waals surface area contributed by atoms with E-state index in [1.165, 1.54) is 16.3 Å². The monoisotopic (exact) mass is 345 g/mol. The van der Waals surface area contributed by atoms with Crippen LogP contribution in [-0.2, 0) is 17.8 Å². The topological polar surface area (TPSA) is 104 Å². The highest BCUT2D eigenvalue weighted by Crippen LogP contribution is 2.28. The fourth-order valence-electron chi connectivity index (χ4n) is 3.38. The van der Waals surface area contributed by atoms with Gasteiger partial charge in [-0.25, -0.2) is 4.79 Å². The molecule has 0 aliphatic carbocycles. The Balaban J connectivity index is 1.73. The highest BCUT2D eigenvalue weighted by atomic mass is 16.2. The van der Waals surface area contributed by atoms with Crippen LogP contribution in [-0.4, -0.2) is 43.6 Å². The third-order valence-electron chi connectivity index (χ3n) is 4.81. The van der Waals surface area contributed by atoms with Gasteiger partial charge in [-0.3, -0.25) is 24.2 Å². The summed E-state index contributed by atoms with van der Waals surface area (Å²) in [4.78, 5) is 40.0. The van der Waals surface area contributed by atoms with Crippen LogP contribution < -0.4 is 11.2 Å². The van der Waals surface area contributed by atoms with Crippen LogP contribution in [0.25, 0.3) is 0 Å². The summed E-state index contributed by atoms with van der Waals surface area (Å²) < 4.78 is 1.26. The molecule has 3 rings (SSSR count). The number of hydrogen-bond acceptors (Lipinski definition) is 4. The molecule has 0 saturated carbocycles. The predicted molar refractivity (Wildman–Crippen MR) is 92.6 cm³/mol. The number of aromatic amines is 2. The number of piperidine rings is 1. The van der Waals surface area contributed by atoms with Crippen LogP contribution in [0, 0.1) is 6.92 Å². The Bertz CT molecular complexity index is 879. The van der Waals surface area contributed by atoms with Crippen molar-refractivity contribution in [2.45, 2.75) is 45.6 Å². The van der Waals surface area contributed by atoms with Crippen molar-refractivity contribution in [2.75, 3.05) is 13.1 Å². The average molecular weight is 345 g/mol. The number of nitrogens with one attached hydrogen (secondary N) is 2. The second kappa shape index (κ2) is 7.08. The number of rotatable bonds is 4. The summed E-state index contributed by atoms with van der Waals surface area (Å²) in [5.74, 6) is 0.125. The largest absolute Gasteiger partial charge is 0.340 e. The average Bonchev–Trinajstić information content (AvgIpc) is 3.08. The maximum Gasteiger partial charge on any atom is 0.328 e. The van der Waals surface area contributed by atoms with Crippen molar-refractivity contribution in [3.8, 4) is 0 Å². The first-order chi connectivity index (χ1) is 12.0. The van der Waals surface area contributed by atoms with E-state index in [1.807, 2.05) is 6.20 Å². The van der Waals surface area contributed by atoms with E-state index in [1.54, 1.807) is 11.8 Å². The molecule has 134 valence electrons. The Hall–Kier alpha value is -2.64. The van der Waals surface area contributed by atoms with Gasteiger partial charge in [-0.05, 0) is 31.7 Å². The molecule has 2 N–H and O–H groups in total. The Morgan fingerprint density at radius 2 is 2.20 bits per heavy atom. The lowest BCUT2D eigenvalue weighted by Crippen LogP contribution is -2.43. The molecule has 0 bridgehead atoms. The second-order valence-electron chi connectivity index (χ2n) is 6.54. The molecule has 8 heteroatoms. The Labute approximate surface area is 144 Å². The summed E-state index contributed by atoms with van der Waals surface area (Å²) in [6.07, 6.45) is 6.11. The number of carbonyl (C=O) groups excluding carboxylic acids is 1. The van der Waals surface area contributed by atoms with Gasteiger partial charge in [0.05, 0.1) is 6.20 Å². The Morgan fingerprint density at radius 1 is 1.40 bits per heavy atom. The summed E-state index contributed by atoms with van der Waals surface area (Å²) >= 11 is 0. The number of aryl methyl sites for hydroxylation is 2. The molecule has 1 aliphatic rings. The highest BCUT2D eigenvalue weighted by Gasteiger charge is 2.27. The minimum absolute atomic E-state index is 0.0627. The zero-order valence-electron chi connectivity index (χ0n) is 14.5. The Morgan fingerprint density at radius 3 is 2.96 bits per heavy atom. The lowest BCUT2D eigenvalue weighted by atomic mass is 9.92. The molecule has 2 aromatic rings. The molecule has 0 unspecified atom stereocenters. The van der Waals surface area contributed by atoms with Crippen molar-refractivity contribution < 1.29 is 4.79 Å². The van der Waals surface area contributed by atoms with Crippen LogP contribution in [0.3, 0.4) is 0 Å². The van der Waals surface area contributed by atoms with Gasteiger partial charge in [-0.15, -0.1) is 0 Å². The second-order valence-corrected chi connectivity index (χ2v) is 6.54. The SMILES string of the molecule is CCc1cn[nH]c1[C@@H]1CCCN(C(=O)Cn2cc(C)c(=O)[nH]c2=O)C1. The van der Waals surface area contributed by atoms with Crippen molar-refractivity contribution in [3.05, 3.63) is 50.1 Å². The van der Waals surface area contributed by atoms with Crippen LogP contribution in [0.1, 0.15) is 42.5 Å². The fraction of sp³-hybridized carbons (Fsp3) is 0.529. The van der Waals surface area contributed by atoms with Gasteiger partial charge in [0.15, 0.2) is 0 Å². The van der Waals surface area contributed by atoms with E-state index in [4.69, 9.17) is 0 Å². The molecular formula is C17H23N5O3. The van der Waals surface area contributed by atoms with E-state index in [0.29, 0.717) is 18.7 Å². The predicted octanol–water partition coefficient (Wildman–Crippen LogP) is 0.537. The van der Waals surface area contributed by atoms with Gasteiger partial charge in [0, 0.05) is 36.5 Å². The number of carbonyl (C=O) groups is 1. The first-order valence-corrected chi connectivity index (χ1v) is 8.60. The summed E-state index contributed by atoms with van der Waals surface area (Å²) in [7, 11) is 0. The van der Waals surface area contributed by atoms with Crippen molar-refractivity contribution >= 4 is 5.91 Å². The number of aromatic nitrogens is 4. The third kappa shape index (κ3) is 3.57. The van der Waals surface area contributed by atoms with Crippen molar-refractivity contribution in [1.29, 1.82) is 0 Å². The maximum atomic E-state index is 12.6. The van der Waals surface area contributed by atoms with Gasteiger partial charge in [0.25, 0.3) is 5.56 Å². The molecule has 1 fully saturated rings. The fourth-order valence-corrected chi connectivity index (χ4v) is 3.38. The molecule has 1 aliphatic heterocycles. The van der Waals surface area contributed by atoms with Gasteiger partial charge >= 0.3 is 5.69 Å². The van der Waals surface area contributed by atoms with Crippen LogP contribution in [0.15, 0.2) is 22.0 Å². The Kier molecular flexibility index (Phi) is 4.87. The van der Waals surface area contributed by atoms with E-state index >= 15 is 0 Å². The van der Waals surface area contributed by atoms with Gasteiger partial charge in [0.1, 0.15) is 6.54 Å². The quantitative estimate of drug-likeness (QED) is 0.844. The summed E-state index contributed by atoms with van der Waals surface area (Å²) in [5.41, 5.74) is 1.73. The summed E-state index contributed by atoms with van der Waals surface area (Å²) in [5, 5.41) is 7.20. The number of hydrogen-bond donors (Lipinski definition) is 2. The molecule has 8 nitrogen and oxygen atoms in total. The minimum atomic E-state index is -0.556. The molecule has 1 saturated heterocycles. The molecule has 1 amide bonds. The molecule has 0 radical (unpaired) electrons. The highest BCUT2D eigenvalue weighted by molar-refractivity contribution is 5.76. The lowest BCUT2D eigenvalue weighted by molar-refractivity contribution is -0.133. The van der Waals surface area contributed by atoms with E-state index in [9.17, 15) is 14.4 Å². The molecule has 1 atom stereocenters. The first-order valence-electron chi connectivity index (χ1n) is 8.60. The van der Waals surface area contributed by atoms with E-state index in [-0.39, 0.29) is 18.4 Å². The molecule has 0 spiro atoms. The number of likely N-dealkylation sites (tertiary alicyclic amines) is 1. The van der Waals surface area contributed by atoms with Gasteiger partial charge in [0.2, 0.25) is 5.91 Å². The van der Waals surface area contributed by atoms with Crippen molar-refractivity contribution in [1.82, 2.24) is 24.6 Å². The number of amides is 1. The van der Waals surface area contributed by atoms with E-state index in [0.717, 1.165) is 25.0 Å². The van der Waals surface area contributed by atoms with Crippen molar-refractivity contribution in [3.63, 3.8) is 0 Å². The maximum absolute atomic E-state index is 12.6. The van der Waals surface area contributed by atoms with Crippen molar-refractivity contribution in [2.24, 2.45) is 0 Å². The van der Waals surface area contributed by atoms with Crippen LogP contribution in [0.5, 0.6) is 0 Å². The van der Waals surface area contributed by atoms with E-state index < -0.39 is 11.2 Å². The lowest BCUT2D eigenvalue weighted by Gasteiger charge is -2.33. The smallest absolute Gasteiger partial charge is 0.328 e. The number of H-pyrrole nitrogens is 2. The van der Waals surface area contributed by atoms with Crippen LogP contribution in [0.2, 0.25) is 0 Å². The third-order valence-corrected chi connectivity index (χ3v) is 4.81. The van der Waals surface area contributed by atoms with Gasteiger partial charge < -0.3 is 4.90 Å². The zero-order chi connectivity index (χ0) is 18.0. The summed E-state index contributed by atoms with van der Waals surface area (Å²) in [6.45, 7) is 4.94. The molecular weight excluding hydrogens is 322 g/mol.